The van der Waals surface area contributed by atoms with Crippen molar-refractivity contribution in [2.24, 2.45) is 0 Å². The molecule has 1 amide bonds. The average molecular weight is 381 g/mol. The Bertz CT molecular complexity index is 935. The number of aromatic nitrogens is 4. The molecule has 1 saturated carbocycles. The first-order valence-electron chi connectivity index (χ1n) is 7.59. The number of anilines is 1. The van der Waals surface area contributed by atoms with E-state index < -0.39 is 12.3 Å². The van der Waals surface area contributed by atoms with E-state index in [1.165, 1.54) is 16.9 Å². The molecular weight excluding hydrogens is 368 g/mol. The molecule has 3 aromatic heterocycles. The lowest BCUT2D eigenvalue weighted by Crippen LogP contribution is -2.21. The van der Waals surface area contributed by atoms with E-state index in [9.17, 15) is 13.6 Å². The Morgan fingerprint density at radius 3 is 2.96 bits per heavy atom. The summed E-state index contributed by atoms with van der Waals surface area (Å²) in [6, 6.07) is 1.68. The lowest BCUT2D eigenvalue weighted by molar-refractivity contribution is 0.102. The fourth-order valence-corrected chi connectivity index (χ4v) is 4.31. The molecule has 0 bridgehead atoms. The van der Waals surface area contributed by atoms with Crippen molar-refractivity contribution in [2.75, 3.05) is 5.32 Å². The number of alkyl halides is 2. The van der Waals surface area contributed by atoms with E-state index >= 15 is 0 Å². The van der Waals surface area contributed by atoms with Crippen molar-refractivity contribution in [3.63, 3.8) is 0 Å². The van der Waals surface area contributed by atoms with Crippen LogP contribution in [0.1, 0.15) is 46.2 Å². The maximum Gasteiger partial charge on any atom is 0.283 e. The molecule has 3 heterocycles. The van der Waals surface area contributed by atoms with Crippen LogP contribution in [0.4, 0.5) is 13.8 Å². The first-order chi connectivity index (χ1) is 12.0. The Kier molecular flexibility index (Phi) is 4.16. The normalized spacial score (nSPS) is 20.0. The summed E-state index contributed by atoms with van der Waals surface area (Å²) in [5.41, 5.74) is 0.190. The maximum absolute atomic E-state index is 13.3. The van der Waals surface area contributed by atoms with Gasteiger partial charge in [0.2, 0.25) is 0 Å². The molecule has 0 aromatic carbocycles. The van der Waals surface area contributed by atoms with Crippen LogP contribution in [-0.4, -0.2) is 30.7 Å². The molecule has 0 saturated heterocycles. The Morgan fingerprint density at radius 1 is 1.44 bits per heavy atom. The minimum atomic E-state index is -2.76. The zero-order chi connectivity index (χ0) is 17.6. The molecular formula is C15H13F2N5OS2. The second kappa shape index (κ2) is 6.34. The summed E-state index contributed by atoms with van der Waals surface area (Å²) in [4.78, 5) is 20.6. The molecule has 10 heteroatoms. The van der Waals surface area contributed by atoms with Crippen molar-refractivity contribution in [2.45, 2.75) is 30.4 Å². The quantitative estimate of drug-likeness (QED) is 0.678. The van der Waals surface area contributed by atoms with Crippen molar-refractivity contribution in [1.29, 1.82) is 0 Å². The third-order valence-corrected chi connectivity index (χ3v) is 5.66. The molecule has 1 N–H and O–H groups in total. The van der Waals surface area contributed by atoms with Gasteiger partial charge in [-0.2, -0.15) is 17.7 Å². The van der Waals surface area contributed by atoms with Crippen LogP contribution in [0.15, 0.2) is 24.7 Å². The van der Waals surface area contributed by atoms with E-state index in [0.29, 0.717) is 10.7 Å². The predicted molar refractivity (Wildman–Crippen MR) is 92.8 cm³/mol. The van der Waals surface area contributed by atoms with Crippen LogP contribution in [-0.2, 0) is 0 Å². The van der Waals surface area contributed by atoms with Gasteiger partial charge in [0.05, 0.1) is 11.2 Å². The van der Waals surface area contributed by atoms with E-state index in [1.54, 1.807) is 12.3 Å². The lowest BCUT2D eigenvalue weighted by Gasteiger charge is -2.29. The second-order valence-electron chi connectivity index (χ2n) is 5.79. The monoisotopic (exact) mass is 381 g/mol. The molecule has 0 radical (unpaired) electrons. The topological polar surface area (TPSA) is 72.2 Å². The SMILES string of the molecule is O=C(Nc1sc(C2CC(S)C2)nc1C(F)F)c1cnn2cccnc12. The van der Waals surface area contributed by atoms with Gasteiger partial charge in [0.1, 0.15) is 16.3 Å². The van der Waals surface area contributed by atoms with Crippen molar-refractivity contribution in [3.05, 3.63) is 40.9 Å². The van der Waals surface area contributed by atoms with Crippen molar-refractivity contribution in [1.82, 2.24) is 19.6 Å². The van der Waals surface area contributed by atoms with Gasteiger partial charge in [-0.15, -0.1) is 11.3 Å². The standard InChI is InChI=1S/C15H13F2N5OS2/c16-11(17)10-15(25-14(20-10)7-4-8(24)5-7)21-13(23)9-6-19-22-3-1-2-18-12(9)22/h1-3,6-8,11,24H,4-5H2,(H,21,23). The summed E-state index contributed by atoms with van der Waals surface area (Å²) in [6.07, 6.45) is 3.41. The van der Waals surface area contributed by atoms with Crippen molar-refractivity contribution >= 4 is 40.5 Å². The Hall–Kier alpha value is -2.07. The van der Waals surface area contributed by atoms with Crippen LogP contribution in [0.2, 0.25) is 0 Å². The number of halogens is 2. The molecule has 1 aliphatic rings. The summed E-state index contributed by atoms with van der Waals surface area (Å²) in [6.45, 7) is 0. The number of fused-ring (bicyclic) bond motifs is 1. The number of rotatable bonds is 4. The van der Waals surface area contributed by atoms with E-state index in [0.717, 1.165) is 24.2 Å². The number of thiazole rings is 1. The van der Waals surface area contributed by atoms with E-state index in [-0.39, 0.29) is 27.4 Å². The van der Waals surface area contributed by atoms with Crippen LogP contribution >= 0.6 is 24.0 Å². The largest absolute Gasteiger partial charge is 0.312 e. The van der Waals surface area contributed by atoms with Gasteiger partial charge in [-0.3, -0.25) is 4.79 Å². The molecule has 0 unspecified atom stereocenters. The highest BCUT2D eigenvalue weighted by Gasteiger charge is 2.33. The van der Waals surface area contributed by atoms with Gasteiger partial charge in [-0.05, 0) is 18.9 Å². The number of hydrogen-bond donors (Lipinski definition) is 2. The van der Waals surface area contributed by atoms with Gasteiger partial charge >= 0.3 is 0 Å². The van der Waals surface area contributed by atoms with Gasteiger partial charge in [0.15, 0.2) is 5.65 Å². The Morgan fingerprint density at radius 2 is 2.24 bits per heavy atom. The average Bonchev–Trinajstić information content (AvgIpc) is 3.15. The number of amides is 1. The van der Waals surface area contributed by atoms with Crippen molar-refractivity contribution in [3.8, 4) is 0 Å². The van der Waals surface area contributed by atoms with Gasteiger partial charge in [0.25, 0.3) is 12.3 Å². The Labute approximate surface area is 150 Å². The first-order valence-corrected chi connectivity index (χ1v) is 8.92. The molecule has 0 atom stereocenters. The van der Waals surface area contributed by atoms with Crippen LogP contribution < -0.4 is 5.32 Å². The fourth-order valence-electron chi connectivity index (χ4n) is 2.71. The number of nitrogens with zero attached hydrogens (tertiary/aromatic N) is 4. The molecule has 4 rings (SSSR count). The summed E-state index contributed by atoms with van der Waals surface area (Å²) in [5.74, 6) is -0.402. The number of carbonyl (C=O) groups is 1. The summed E-state index contributed by atoms with van der Waals surface area (Å²) in [5, 5.41) is 7.55. The van der Waals surface area contributed by atoms with E-state index in [4.69, 9.17) is 0 Å². The molecule has 0 spiro atoms. The highest BCUT2D eigenvalue weighted by atomic mass is 32.1. The minimum absolute atomic E-state index is 0.0768. The van der Waals surface area contributed by atoms with E-state index in [2.05, 4.69) is 33.0 Å². The summed E-state index contributed by atoms with van der Waals surface area (Å²) < 4.78 is 28.0. The second-order valence-corrected chi connectivity index (χ2v) is 7.55. The Balaban J connectivity index is 1.62. The number of hydrogen-bond acceptors (Lipinski definition) is 6. The van der Waals surface area contributed by atoms with Gasteiger partial charge < -0.3 is 5.32 Å². The predicted octanol–water partition coefficient (Wildman–Crippen LogP) is 3.55. The molecule has 25 heavy (non-hydrogen) atoms. The fraction of sp³-hybridized carbons (Fsp3) is 0.333. The highest BCUT2D eigenvalue weighted by Crippen LogP contribution is 2.44. The smallest absolute Gasteiger partial charge is 0.283 e. The summed E-state index contributed by atoms with van der Waals surface area (Å²) in [7, 11) is 0. The van der Waals surface area contributed by atoms with Gasteiger partial charge in [0, 0.05) is 23.6 Å². The number of nitrogens with one attached hydrogen (secondary N) is 1. The molecule has 130 valence electrons. The lowest BCUT2D eigenvalue weighted by atomic mass is 9.85. The molecule has 3 aromatic rings. The summed E-state index contributed by atoms with van der Waals surface area (Å²) >= 11 is 5.44. The molecule has 0 aliphatic heterocycles. The highest BCUT2D eigenvalue weighted by molar-refractivity contribution is 7.81. The van der Waals surface area contributed by atoms with Crippen LogP contribution in [0.25, 0.3) is 5.65 Å². The van der Waals surface area contributed by atoms with Gasteiger partial charge in [-0.25, -0.2) is 23.3 Å². The zero-order valence-electron chi connectivity index (χ0n) is 12.8. The molecule has 1 aliphatic carbocycles. The molecule has 1 fully saturated rings. The van der Waals surface area contributed by atoms with Crippen molar-refractivity contribution < 1.29 is 13.6 Å². The minimum Gasteiger partial charge on any atom is -0.312 e. The third kappa shape index (κ3) is 2.99. The number of thiol groups is 1. The maximum atomic E-state index is 13.3. The van der Waals surface area contributed by atoms with Crippen LogP contribution in [0.3, 0.4) is 0 Å². The third-order valence-electron chi connectivity index (χ3n) is 4.09. The van der Waals surface area contributed by atoms with Gasteiger partial charge in [-0.1, -0.05) is 0 Å². The zero-order valence-corrected chi connectivity index (χ0v) is 14.5. The van der Waals surface area contributed by atoms with E-state index in [1.807, 2.05) is 0 Å². The number of carbonyl (C=O) groups excluding carboxylic acids is 1. The first kappa shape index (κ1) is 16.4. The van der Waals surface area contributed by atoms with Crippen LogP contribution in [0, 0.1) is 0 Å². The van der Waals surface area contributed by atoms with Crippen LogP contribution in [0.5, 0.6) is 0 Å². The molecule has 6 nitrogen and oxygen atoms in total.